The standard InChI is InChI=1S/C23H19ClFN5O3/c1-22(9-23(28-10-22)11-33-12-23)6-5-14-7-18-15(8-19(14)30(31)32)21(27-13-26-18)29-17-4-2-3-16(24)20(17)25/h2-4,7-8,13,28H,9-12H2,1H3,(H,26,27,29). The first-order valence-electron chi connectivity index (χ1n) is 10.3. The highest BCUT2D eigenvalue weighted by Crippen LogP contribution is 2.39. The van der Waals surface area contributed by atoms with Crippen LogP contribution in [0.4, 0.5) is 21.6 Å². The summed E-state index contributed by atoms with van der Waals surface area (Å²) in [6, 6.07) is 7.44. The van der Waals surface area contributed by atoms with Gasteiger partial charge in [-0.2, -0.15) is 0 Å². The van der Waals surface area contributed by atoms with Crippen molar-refractivity contribution in [1.82, 2.24) is 15.3 Å². The minimum atomic E-state index is -0.643. The van der Waals surface area contributed by atoms with Gasteiger partial charge in [0.25, 0.3) is 5.69 Å². The van der Waals surface area contributed by atoms with E-state index in [-0.39, 0.29) is 38.7 Å². The fourth-order valence-electron chi connectivity index (χ4n) is 4.28. The van der Waals surface area contributed by atoms with Gasteiger partial charge in [-0.05, 0) is 31.5 Å². The molecule has 0 bridgehead atoms. The topological polar surface area (TPSA) is 102 Å². The average Bonchev–Trinajstić information content (AvgIpc) is 3.14. The van der Waals surface area contributed by atoms with E-state index < -0.39 is 10.7 Å². The van der Waals surface area contributed by atoms with Crippen LogP contribution in [0.2, 0.25) is 5.02 Å². The van der Waals surface area contributed by atoms with Gasteiger partial charge in [0.15, 0.2) is 5.82 Å². The third kappa shape index (κ3) is 3.97. The molecule has 168 valence electrons. The van der Waals surface area contributed by atoms with E-state index in [2.05, 4.69) is 32.4 Å². The lowest BCUT2D eigenvalue weighted by Gasteiger charge is -2.38. The maximum Gasteiger partial charge on any atom is 0.285 e. The molecular weight excluding hydrogens is 449 g/mol. The molecule has 2 fully saturated rings. The van der Waals surface area contributed by atoms with Crippen molar-refractivity contribution in [3.05, 3.63) is 63.2 Å². The lowest BCUT2D eigenvalue weighted by Crippen LogP contribution is -2.56. The number of benzene rings is 2. The fourth-order valence-corrected chi connectivity index (χ4v) is 4.46. The van der Waals surface area contributed by atoms with Gasteiger partial charge in [0.2, 0.25) is 0 Å². The molecule has 2 aliphatic heterocycles. The number of rotatable bonds is 3. The molecule has 1 atom stereocenters. The molecule has 0 radical (unpaired) electrons. The van der Waals surface area contributed by atoms with E-state index >= 15 is 0 Å². The number of nitrogens with zero attached hydrogens (tertiary/aromatic N) is 3. The summed E-state index contributed by atoms with van der Waals surface area (Å²) < 4.78 is 19.7. The van der Waals surface area contributed by atoms with Gasteiger partial charge in [0.1, 0.15) is 17.7 Å². The Morgan fingerprint density at radius 2 is 2.15 bits per heavy atom. The number of hydrogen-bond donors (Lipinski definition) is 2. The van der Waals surface area contributed by atoms with Crippen LogP contribution in [0.3, 0.4) is 0 Å². The molecule has 1 aromatic heterocycles. The molecule has 2 aromatic carbocycles. The van der Waals surface area contributed by atoms with Crippen LogP contribution >= 0.6 is 11.6 Å². The van der Waals surface area contributed by atoms with Crippen molar-refractivity contribution in [3.63, 3.8) is 0 Å². The summed E-state index contributed by atoms with van der Waals surface area (Å²) in [5, 5.41) is 18.5. The van der Waals surface area contributed by atoms with Gasteiger partial charge in [-0.25, -0.2) is 14.4 Å². The zero-order valence-electron chi connectivity index (χ0n) is 17.6. The minimum Gasteiger partial charge on any atom is -0.377 e. The third-order valence-electron chi connectivity index (χ3n) is 5.99. The molecule has 2 aliphatic rings. The molecule has 0 aliphatic carbocycles. The largest absolute Gasteiger partial charge is 0.377 e. The predicted octanol–water partition coefficient (Wildman–Crippen LogP) is 4.19. The third-order valence-corrected chi connectivity index (χ3v) is 6.28. The molecule has 2 saturated heterocycles. The normalized spacial score (nSPS) is 20.8. The Morgan fingerprint density at radius 1 is 1.33 bits per heavy atom. The second kappa shape index (κ2) is 7.92. The van der Waals surface area contributed by atoms with Crippen molar-refractivity contribution < 1.29 is 14.1 Å². The number of nitrogens with one attached hydrogen (secondary N) is 2. The second-order valence-corrected chi connectivity index (χ2v) is 9.11. The molecule has 33 heavy (non-hydrogen) atoms. The van der Waals surface area contributed by atoms with Crippen molar-refractivity contribution in [1.29, 1.82) is 0 Å². The summed E-state index contributed by atoms with van der Waals surface area (Å²) in [5.74, 6) is 5.82. The van der Waals surface area contributed by atoms with Crippen LogP contribution in [0, 0.1) is 33.2 Å². The zero-order valence-corrected chi connectivity index (χ0v) is 18.4. The summed E-state index contributed by atoms with van der Waals surface area (Å²) >= 11 is 5.85. The van der Waals surface area contributed by atoms with E-state index in [0.29, 0.717) is 30.7 Å². The van der Waals surface area contributed by atoms with Crippen molar-refractivity contribution in [3.8, 4) is 11.8 Å². The molecule has 1 unspecified atom stereocenters. The highest BCUT2D eigenvalue weighted by Gasteiger charge is 2.49. The van der Waals surface area contributed by atoms with Gasteiger partial charge in [-0.3, -0.25) is 10.1 Å². The lowest BCUT2D eigenvalue weighted by atomic mass is 9.81. The Balaban J connectivity index is 1.53. The van der Waals surface area contributed by atoms with E-state index in [4.69, 9.17) is 16.3 Å². The van der Waals surface area contributed by atoms with Gasteiger partial charge < -0.3 is 15.4 Å². The quantitative estimate of drug-likeness (QED) is 0.338. The molecule has 0 amide bonds. The van der Waals surface area contributed by atoms with Crippen molar-refractivity contribution in [2.75, 3.05) is 25.1 Å². The molecule has 3 heterocycles. The highest BCUT2D eigenvalue weighted by molar-refractivity contribution is 6.31. The second-order valence-electron chi connectivity index (χ2n) is 8.71. The van der Waals surface area contributed by atoms with Crippen LogP contribution in [-0.2, 0) is 4.74 Å². The Labute approximate surface area is 193 Å². The monoisotopic (exact) mass is 467 g/mol. The molecule has 5 rings (SSSR count). The number of nitro groups is 1. The maximum absolute atomic E-state index is 14.4. The van der Waals surface area contributed by atoms with Crippen LogP contribution in [0.5, 0.6) is 0 Å². The molecule has 3 aromatic rings. The summed E-state index contributed by atoms with van der Waals surface area (Å²) in [6.45, 7) is 4.03. The lowest BCUT2D eigenvalue weighted by molar-refractivity contribution is -0.385. The van der Waals surface area contributed by atoms with Gasteiger partial charge in [0, 0.05) is 23.4 Å². The molecule has 8 nitrogen and oxygen atoms in total. The van der Waals surface area contributed by atoms with Crippen LogP contribution < -0.4 is 10.6 Å². The Hall–Kier alpha value is -3.32. The van der Waals surface area contributed by atoms with Gasteiger partial charge >= 0.3 is 0 Å². The first-order valence-corrected chi connectivity index (χ1v) is 10.7. The number of fused-ring (bicyclic) bond motifs is 1. The number of halogens is 2. The van der Waals surface area contributed by atoms with Crippen LogP contribution in [0.25, 0.3) is 10.9 Å². The Kier molecular flexibility index (Phi) is 5.16. The molecule has 10 heteroatoms. The molecule has 2 N–H and O–H groups in total. The Morgan fingerprint density at radius 3 is 2.85 bits per heavy atom. The number of nitro benzene ring substituents is 1. The smallest absolute Gasteiger partial charge is 0.285 e. The van der Waals surface area contributed by atoms with Gasteiger partial charge in [0.05, 0.1) is 39.9 Å². The summed E-state index contributed by atoms with van der Waals surface area (Å²) in [6.07, 6.45) is 2.12. The summed E-state index contributed by atoms with van der Waals surface area (Å²) in [5.41, 5.74) is 0.277. The predicted molar refractivity (Wildman–Crippen MR) is 122 cm³/mol. The van der Waals surface area contributed by atoms with E-state index in [0.717, 1.165) is 6.42 Å². The van der Waals surface area contributed by atoms with E-state index in [9.17, 15) is 14.5 Å². The number of anilines is 2. The summed E-state index contributed by atoms with van der Waals surface area (Å²) in [4.78, 5) is 19.7. The maximum atomic E-state index is 14.4. The molecular formula is C23H19ClFN5O3. The highest BCUT2D eigenvalue weighted by atomic mass is 35.5. The number of ether oxygens (including phenoxy) is 1. The molecule has 0 saturated carbocycles. The van der Waals surface area contributed by atoms with Gasteiger partial charge in [-0.1, -0.05) is 29.5 Å². The van der Waals surface area contributed by atoms with Crippen molar-refractivity contribution in [2.45, 2.75) is 18.9 Å². The zero-order chi connectivity index (χ0) is 23.2. The first kappa shape index (κ1) is 21.5. The van der Waals surface area contributed by atoms with Crippen LogP contribution in [0.15, 0.2) is 36.7 Å². The molecule has 1 spiro atoms. The summed E-state index contributed by atoms with van der Waals surface area (Å²) in [7, 11) is 0. The average molecular weight is 468 g/mol. The number of aromatic nitrogens is 2. The SMILES string of the molecule is CC1(C#Cc2cc3ncnc(Nc4cccc(Cl)c4F)c3cc2[N+](=O)[O-])CNC2(COC2)C1. The van der Waals surface area contributed by atoms with Crippen LogP contribution in [0.1, 0.15) is 18.9 Å². The minimum absolute atomic E-state index is 0.0395. The van der Waals surface area contributed by atoms with E-state index in [1.165, 1.54) is 24.5 Å². The van der Waals surface area contributed by atoms with Crippen LogP contribution in [-0.4, -0.2) is 40.2 Å². The van der Waals surface area contributed by atoms with E-state index in [1.54, 1.807) is 12.1 Å². The van der Waals surface area contributed by atoms with E-state index in [1.807, 2.05) is 6.92 Å². The fraction of sp³-hybridized carbons (Fsp3) is 0.304. The van der Waals surface area contributed by atoms with Crippen molar-refractivity contribution in [2.24, 2.45) is 5.41 Å². The first-order chi connectivity index (χ1) is 15.8. The van der Waals surface area contributed by atoms with Gasteiger partial charge in [-0.15, -0.1) is 0 Å². The number of hydrogen-bond acceptors (Lipinski definition) is 7. The van der Waals surface area contributed by atoms with Crippen molar-refractivity contribution >= 4 is 39.7 Å². The Bertz CT molecular complexity index is 1350.